The van der Waals surface area contributed by atoms with Gasteiger partial charge in [0.15, 0.2) is 0 Å². The van der Waals surface area contributed by atoms with Gasteiger partial charge in [0, 0.05) is 0 Å². The van der Waals surface area contributed by atoms with Crippen LogP contribution in [0.15, 0.2) is 12.2 Å². The second-order valence-electron chi connectivity index (χ2n) is 4.15. The Morgan fingerprint density at radius 3 is 3.16 bits per heavy atom. The zero-order valence-electron chi connectivity index (χ0n) is 9.88. The molecule has 1 amide bonds. The summed E-state index contributed by atoms with van der Waals surface area (Å²) >= 11 is 0.245. The molecule has 2 heterocycles. The van der Waals surface area contributed by atoms with Gasteiger partial charge in [-0.3, -0.25) is 9.59 Å². The van der Waals surface area contributed by atoms with Crippen molar-refractivity contribution in [3.8, 4) is 0 Å². The lowest BCUT2D eigenvalue weighted by Crippen LogP contribution is -2.53. The van der Waals surface area contributed by atoms with E-state index in [0.717, 1.165) is 0 Å². The number of amides is 1. The van der Waals surface area contributed by atoms with Gasteiger partial charge in [0.2, 0.25) is 5.91 Å². The highest BCUT2D eigenvalue weighted by Crippen LogP contribution is 2.20. The van der Waals surface area contributed by atoms with Gasteiger partial charge < -0.3 is 14.6 Å². The van der Waals surface area contributed by atoms with Crippen LogP contribution in [0, 0.1) is 0 Å². The maximum absolute atomic E-state index is 12.0. The predicted molar refractivity (Wildman–Crippen MR) is 65.5 cm³/mol. The van der Waals surface area contributed by atoms with E-state index in [9.17, 15) is 18.4 Å². The number of fused-ring (bicyclic) bond motifs is 2. The third-order valence-electron chi connectivity index (χ3n) is 2.68. The number of hydrogen-bond donors (Lipinski definition) is 1. The van der Waals surface area contributed by atoms with Crippen LogP contribution in [0.1, 0.15) is 12.8 Å². The summed E-state index contributed by atoms with van der Waals surface area (Å²) in [5.41, 5.74) is 0. The molecule has 2 rings (SSSR count). The van der Waals surface area contributed by atoms with E-state index < -0.39 is 30.7 Å². The molecule has 1 saturated heterocycles. The maximum atomic E-state index is 12.0. The van der Waals surface area contributed by atoms with E-state index in [2.05, 4.69) is 5.32 Å². The fourth-order valence-corrected chi connectivity index (χ4v) is 2.24. The molecule has 0 aromatic heterocycles. The van der Waals surface area contributed by atoms with Crippen LogP contribution in [-0.4, -0.2) is 42.6 Å². The van der Waals surface area contributed by atoms with Crippen molar-refractivity contribution in [2.75, 3.05) is 5.75 Å². The minimum atomic E-state index is -2.59. The summed E-state index contributed by atoms with van der Waals surface area (Å²) in [6.45, 7) is 0. The number of nitrogens with one attached hydrogen (secondary N) is 1. The summed E-state index contributed by atoms with van der Waals surface area (Å²) in [6.07, 6.45) is 3.77. The van der Waals surface area contributed by atoms with Crippen molar-refractivity contribution in [1.29, 1.82) is 0 Å². The zero-order chi connectivity index (χ0) is 13.8. The van der Waals surface area contributed by atoms with Crippen molar-refractivity contribution in [3.05, 3.63) is 12.2 Å². The highest BCUT2D eigenvalue weighted by molar-refractivity contribution is 8.00. The molecule has 2 bridgehead atoms. The standard InChI is InChI=1S/C10H12BF2NO4S/c12-10(13)19-5-8(15)14-7-3-1-2-6-4-9(16)18-11(7)17-6/h1-2,6-7,10H,3-5H2,(H,14,15)/t6-,7+/m1/s1. The molecule has 0 unspecified atom stereocenters. The molecule has 1 fully saturated rings. The number of hydrogen-bond acceptors (Lipinski definition) is 5. The van der Waals surface area contributed by atoms with Crippen LogP contribution in [0.3, 0.4) is 0 Å². The van der Waals surface area contributed by atoms with Crippen molar-refractivity contribution >= 4 is 30.8 Å². The minimum absolute atomic E-state index is 0.148. The SMILES string of the molecule is O=C(CSC(F)F)N[C@H]1CC=C[C@@H]2CC(=O)OB1O2. The molecule has 9 heteroatoms. The molecule has 0 aromatic rings. The van der Waals surface area contributed by atoms with Crippen LogP contribution in [-0.2, 0) is 18.9 Å². The molecule has 5 nitrogen and oxygen atoms in total. The van der Waals surface area contributed by atoms with Crippen molar-refractivity contribution in [3.63, 3.8) is 0 Å². The van der Waals surface area contributed by atoms with Crippen LogP contribution in [0.2, 0.25) is 0 Å². The van der Waals surface area contributed by atoms with E-state index in [1.54, 1.807) is 12.2 Å². The largest absolute Gasteiger partial charge is 0.552 e. The Kier molecular flexibility index (Phi) is 4.81. The number of carbonyl (C=O) groups is 2. The average molecular weight is 291 g/mol. The smallest absolute Gasteiger partial charge is 0.508 e. The molecule has 0 spiro atoms. The first-order valence-corrected chi connectivity index (χ1v) is 6.80. The van der Waals surface area contributed by atoms with Crippen LogP contribution >= 0.6 is 11.8 Å². The third kappa shape index (κ3) is 4.20. The summed E-state index contributed by atoms with van der Waals surface area (Å²) in [4.78, 5) is 22.8. The Balaban J connectivity index is 1.90. The first-order valence-electron chi connectivity index (χ1n) is 5.75. The van der Waals surface area contributed by atoms with E-state index in [-0.39, 0.29) is 30.0 Å². The quantitative estimate of drug-likeness (QED) is 0.611. The van der Waals surface area contributed by atoms with Gasteiger partial charge in [-0.2, -0.15) is 8.78 Å². The van der Waals surface area contributed by atoms with Crippen LogP contribution in [0.25, 0.3) is 0 Å². The lowest BCUT2D eigenvalue weighted by Gasteiger charge is -2.28. The number of alkyl halides is 2. The number of carbonyl (C=O) groups excluding carboxylic acids is 2. The summed E-state index contributed by atoms with van der Waals surface area (Å²) in [6, 6.07) is 0. The minimum Gasteiger partial charge on any atom is -0.508 e. The lowest BCUT2D eigenvalue weighted by molar-refractivity contribution is -0.141. The fourth-order valence-electron chi connectivity index (χ4n) is 1.88. The van der Waals surface area contributed by atoms with Crippen LogP contribution in [0.4, 0.5) is 8.78 Å². The highest BCUT2D eigenvalue weighted by atomic mass is 32.2. The van der Waals surface area contributed by atoms with Crippen molar-refractivity contribution < 1.29 is 27.7 Å². The van der Waals surface area contributed by atoms with Gasteiger partial charge in [-0.15, -0.1) is 0 Å². The van der Waals surface area contributed by atoms with Crippen molar-refractivity contribution in [2.24, 2.45) is 0 Å². The summed E-state index contributed by atoms with van der Waals surface area (Å²) in [5.74, 6) is -4.41. The molecule has 1 N–H and O–H groups in total. The molecule has 2 aliphatic rings. The average Bonchev–Trinajstić information content (AvgIpc) is 2.47. The molecule has 0 aliphatic carbocycles. The predicted octanol–water partition coefficient (Wildman–Crippen LogP) is 0.746. The molecular formula is C10H12BF2NO4S. The number of halogens is 2. The van der Waals surface area contributed by atoms with Gasteiger partial charge in [-0.25, -0.2) is 0 Å². The van der Waals surface area contributed by atoms with E-state index >= 15 is 0 Å². The van der Waals surface area contributed by atoms with Crippen LogP contribution in [0.5, 0.6) is 0 Å². The summed E-state index contributed by atoms with van der Waals surface area (Å²) in [7, 11) is -0.859. The fraction of sp³-hybridized carbons (Fsp3) is 0.600. The Morgan fingerprint density at radius 2 is 2.42 bits per heavy atom. The van der Waals surface area contributed by atoms with Gasteiger partial charge in [0.25, 0.3) is 11.7 Å². The van der Waals surface area contributed by atoms with Gasteiger partial charge in [-0.1, -0.05) is 23.9 Å². The monoisotopic (exact) mass is 291 g/mol. The first-order chi connectivity index (χ1) is 9.04. The Labute approximate surface area is 113 Å². The number of thioether (sulfide) groups is 1. The Bertz CT molecular complexity index is 396. The van der Waals surface area contributed by atoms with Crippen LogP contribution < -0.4 is 5.32 Å². The molecule has 2 aliphatic heterocycles. The molecule has 0 radical (unpaired) electrons. The van der Waals surface area contributed by atoms with Crippen molar-refractivity contribution in [1.82, 2.24) is 5.32 Å². The molecule has 2 atom stereocenters. The molecule has 0 aromatic carbocycles. The van der Waals surface area contributed by atoms with E-state index in [4.69, 9.17) is 9.31 Å². The molecule has 19 heavy (non-hydrogen) atoms. The number of rotatable bonds is 4. The summed E-state index contributed by atoms with van der Waals surface area (Å²) < 4.78 is 34.4. The third-order valence-corrected chi connectivity index (χ3v) is 3.36. The van der Waals surface area contributed by atoms with Crippen molar-refractivity contribution in [2.45, 2.75) is 30.6 Å². The normalized spacial score (nSPS) is 26.1. The van der Waals surface area contributed by atoms with E-state index in [1.807, 2.05) is 0 Å². The highest BCUT2D eigenvalue weighted by Gasteiger charge is 2.41. The van der Waals surface area contributed by atoms with Gasteiger partial charge in [0.1, 0.15) is 0 Å². The Hall–Kier alpha value is -1.09. The van der Waals surface area contributed by atoms with Gasteiger partial charge >= 0.3 is 7.12 Å². The maximum Gasteiger partial charge on any atom is 0.552 e. The van der Waals surface area contributed by atoms with Gasteiger partial charge in [-0.05, 0) is 6.42 Å². The zero-order valence-corrected chi connectivity index (χ0v) is 10.7. The lowest BCUT2D eigenvalue weighted by atomic mass is 9.75. The van der Waals surface area contributed by atoms with E-state index in [1.165, 1.54) is 0 Å². The molecule has 0 saturated carbocycles. The second-order valence-corrected chi connectivity index (χ2v) is 5.12. The molecular weight excluding hydrogens is 279 g/mol. The second kappa shape index (κ2) is 6.38. The van der Waals surface area contributed by atoms with Gasteiger partial charge in [0.05, 0.1) is 24.2 Å². The summed E-state index contributed by atoms with van der Waals surface area (Å²) in [5, 5.41) is 2.54. The first kappa shape index (κ1) is 14.3. The topological polar surface area (TPSA) is 64.6 Å². The van der Waals surface area contributed by atoms with E-state index in [0.29, 0.717) is 6.42 Å². The molecule has 104 valence electrons. The Morgan fingerprint density at radius 1 is 1.63 bits per heavy atom.